The molecule has 0 N–H and O–H groups in total. The minimum absolute atomic E-state index is 0.0566. The van der Waals surface area contributed by atoms with Gasteiger partial charge in [-0.3, -0.25) is 0 Å². The topological polar surface area (TPSA) is 54.6 Å². The second-order valence-electron chi connectivity index (χ2n) is 7.06. The van der Waals surface area contributed by atoms with Crippen molar-refractivity contribution in [3.05, 3.63) is 71.8 Å². The molecule has 1 fully saturated rings. The number of nitriles is 1. The van der Waals surface area contributed by atoms with Gasteiger partial charge >= 0.3 is 0 Å². The lowest BCUT2D eigenvalue weighted by Gasteiger charge is -2.46. The molecule has 4 unspecified atom stereocenters. The van der Waals surface area contributed by atoms with E-state index < -0.39 is 11.3 Å². The van der Waals surface area contributed by atoms with Crippen LogP contribution in [0.5, 0.6) is 0 Å². The van der Waals surface area contributed by atoms with E-state index in [-0.39, 0.29) is 11.8 Å². The standard InChI is InChI=1S/C22H22N2O2/c1-16-13-19(17-9-5-3-6-10-17)21(15-23)20(18-11-7-4-8-12-18)14-26-22(21,24-16)25-2/h3-12,19-20H,13-14H2,1-2H3. The summed E-state index contributed by atoms with van der Waals surface area (Å²) >= 11 is 0. The maximum atomic E-state index is 10.5. The minimum Gasteiger partial charge on any atom is -0.334 e. The minimum atomic E-state index is -1.27. The number of fused-ring (bicyclic) bond motifs is 1. The smallest absolute Gasteiger partial charge is 0.290 e. The third-order valence-corrected chi connectivity index (χ3v) is 5.77. The zero-order valence-corrected chi connectivity index (χ0v) is 15.1. The van der Waals surface area contributed by atoms with Crippen molar-refractivity contribution in [2.75, 3.05) is 13.7 Å². The Bertz CT molecular complexity index is 859. The van der Waals surface area contributed by atoms with Crippen molar-refractivity contribution in [2.24, 2.45) is 10.4 Å². The molecule has 2 aliphatic heterocycles. The molecule has 0 saturated carbocycles. The first-order valence-electron chi connectivity index (χ1n) is 8.92. The van der Waals surface area contributed by atoms with Gasteiger partial charge in [-0.2, -0.15) is 5.26 Å². The molecule has 4 nitrogen and oxygen atoms in total. The molecule has 1 saturated heterocycles. The molecule has 4 heteroatoms. The Labute approximate surface area is 154 Å². The molecule has 4 atom stereocenters. The van der Waals surface area contributed by atoms with E-state index in [1.165, 1.54) is 0 Å². The molecule has 4 rings (SSSR count). The summed E-state index contributed by atoms with van der Waals surface area (Å²) < 4.78 is 12.0. The summed E-state index contributed by atoms with van der Waals surface area (Å²) in [5, 5.41) is 10.5. The Balaban J connectivity index is 1.96. The first-order chi connectivity index (χ1) is 12.7. The Kier molecular flexibility index (Phi) is 4.14. The molecular formula is C22H22N2O2. The van der Waals surface area contributed by atoms with Crippen molar-refractivity contribution in [3.8, 4) is 6.07 Å². The Morgan fingerprint density at radius 3 is 2.15 bits per heavy atom. The van der Waals surface area contributed by atoms with Crippen LogP contribution in [-0.2, 0) is 9.47 Å². The zero-order valence-electron chi connectivity index (χ0n) is 15.1. The highest BCUT2D eigenvalue weighted by molar-refractivity contribution is 5.84. The summed E-state index contributed by atoms with van der Waals surface area (Å²) in [4.78, 5) is 4.74. The maximum absolute atomic E-state index is 10.5. The van der Waals surface area contributed by atoms with E-state index in [0.717, 1.165) is 23.3 Å². The predicted octanol–water partition coefficient (Wildman–Crippen LogP) is 4.26. The summed E-state index contributed by atoms with van der Waals surface area (Å²) in [6.07, 6.45) is 0.718. The third kappa shape index (κ3) is 2.25. The van der Waals surface area contributed by atoms with Crippen LogP contribution in [0.4, 0.5) is 0 Å². The number of rotatable bonds is 3. The van der Waals surface area contributed by atoms with Crippen molar-refractivity contribution in [2.45, 2.75) is 31.1 Å². The lowest BCUT2D eigenvalue weighted by Crippen LogP contribution is -2.53. The Hall–Kier alpha value is -2.48. The summed E-state index contributed by atoms with van der Waals surface area (Å²) in [5.74, 6) is -1.44. The van der Waals surface area contributed by atoms with Gasteiger partial charge in [0.25, 0.3) is 5.91 Å². The highest BCUT2D eigenvalue weighted by Crippen LogP contribution is 2.63. The van der Waals surface area contributed by atoms with Gasteiger partial charge < -0.3 is 9.47 Å². The van der Waals surface area contributed by atoms with Gasteiger partial charge in [0.2, 0.25) is 0 Å². The van der Waals surface area contributed by atoms with Crippen molar-refractivity contribution in [1.29, 1.82) is 5.26 Å². The van der Waals surface area contributed by atoms with Gasteiger partial charge in [0.1, 0.15) is 5.41 Å². The highest BCUT2D eigenvalue weighted by atomic mass is 16.7. The maximum Gasteiger partial charge on any atom is 0.290 e. The lowest BCUT2D eigenvalue weighted by molar-refractivity contribution is -0.234. The highest BCUT2D eigenvalue weighted by Gasteiger charge is 2.69. The van der Waals surface area contributed by atoms with Crippen molar-refractivity contribution < 1.29 is 9.47 Å². The van der Waals surface area contributed by atoms with Crippen LogP contribution >= 0.6 is 0 Å². The van der Waals surface area contributed by atoms with Gasteiger partial charge in [0, 0.05) is 24.7 Å². The molecule has 2 aromatic carbocycles. The summed E-state index contributed by atoms with van der Waals surface area (Å²) in [6.45, 7) is 2.39. The first kappa shape index (κ1) is 17.0. The molecule has 0 amide bonds. The number of hydrogen-bond donors (Lipinski definition) is 0. The van der Waals surface area contributed by atoms with Crippen LogP contribution in [0.2, 0.25) is 0 Å². The van der Waals surface area contributed by atoms with E-state index in [1.807, 2.05) is 43.3 Å². The van der Waals surface area contributed by atoms with Crippen molar-refractivity contribution in [1.82, 2.24) is 0 Å². The van der Waals surface area contributed by atoms with E-state index >= 15 is 0 Å². The largest absolute Gasteiger partial charge is 0.334 e. The fourth-order valence-electron chi connectivity index (χ4n) is 4.62. The number of methoxy groups -OCH3 is 1. The molecule has 2 aromatic rings. The quantitative estimate of drug-likeness (QED) is 0.834. The number of hydrogen-bond acceptors (Lipinski definition) is 4. The fourth-order valence-corrected chi connectivity index (χ4v) is 4.62. The fraction of sp³-hybridized carbons (Fsp3) is 0.364. The summed E-state index contributed by atoms with van der Waals surface area (Å²) in [7, 11) is 1.59. The summed E-state index contributed by atoms with van der Waals surface area (Å²) in [6, 6.07) is 22.9. The van der Waals surface area contributed by atoms with Crippen LogP contribution in [0.15, 0.2) is 65.7 Å². The van der Waals surface area contributed by atoms with Crippen LogP contribution in [0, 0.1) is 16.7 Å². The van der Waals surface area contributed by atoms with Crippen molar-refractivity contribution >= 4 is 5.71 Å². The molecule has 0 aromatic heterocycles. The van der Waals surface area contributed by atoms with Gasteiger partial charge in [-0.1, -0.05) is 60.7 Å². The molecule has 0 spiro atoms. The van der Waals surface area contributed by atoms with Gasteiger partial charge in [-0.15, -0.1) is 0 Å². The monoisotopic (exact) mass is 346 g/mol. The van der Waals surface area contributed by atoms with Crippen LogP contribution in [0.1, 0.15) is 36.3 Å². The van der Waals surface area contributed by atoms with E-state index in [1.54, 1.807) is 7.11 Å². The lowest BCUT2D eigenvalue weighted by atomic mass is 9.59. The molecule has 0 bridgehead atoms. The normalized spacial score (nSPS) is 33.2. The molecular weight excluding hydrogens is 324 g/mol. The van der Waals surface area contributed by atoms with E-state index in [2.05, 4.69) is 30.3 Å². The summed E-state index contributed by atoms with van der Waals surface area (Å²) in [5.41, 5.74) is 2.23. The zero-order chi connectivity index (χ0) is 18.2. The molecule has 26 heavy (non-hydrogen) atoms. The molecule has 0 radical (unpaired) electrons. The second kappa shape index (κ2) is 6.35. The number of nitrogens with zero attached hydrogens (tertiary/aromatic N) is 2. The third-order valence-electron chi connectivity index (χ3n) is 5.77. The second-order valence-corrected chi connectivity index (χ2v) is 7.06. The number of benzene rings is 2. The SMILES string of the molecule is COC12N=C(C)CC(c3ccccc3)C1(C#N)C(c1ccccc1)CO2. The predicted molar refractivity (Wildman–Crippen MR) is 99.8 cm³/mol. The van der Waals surface area contributed by atoms with Crippen LogP contribution in [0.3, 0.4) is 0 Å². The van der Waals surface area contributed by atoms with Crippen LogP contribution in [0.25, 0.3) is 0 Å². The molecule has 132 valence electrons. The van der Waals surface area contributed by atoms with Crippen molar-refractivity contribution in [3.63, 3.8) is 0 Å². The number of aliphatic imine (C=N–C) groups is 1. The molecule has 2 heterocycles. The van der Waals surface area contributed by atoms with E-state index in [4.69, 9.17) is 14.5 Å². The van der Waals surface area contributed by atoms with E-state index in [0.29, 0.717) is 6.61 Å². The average molecular weight is 346 g/mol. The molecule has 2 aliphatic rings. The van der Waals surface area contributed by atoms with Crippen LogP contribution in [-0.4, -0.2) is 25.3 Å². The van der Waals surface area contributed by atoms with Gasteiger partial charge in [-0.05, 0) is 24.5 Å². The van der Waals surface area contributed by atoms with Gasteiger partial charge in [0.15, 0.2) is 0 Å². The Morgan fingerprint density at radius 2 is 1.62 bits per heavy atom. The Morgan fingerprint density at radius 1 is 1.04 bits per heavy atom. The van der Waals surface area contributed by atoms with Crippen LogP contribution < -0.4 is 0 Å². The van der Waals surface area contributed by atoms with Gasteiger partial charge in [-0.25, -0.2) is 4.99 Å². The average Bonchev–Trinajstić information content (AvgIpc) is 3.04. The van der Waals surface area contributed by atoms with Gasteiger partial charge in [0.05, 0.1) is 12.7 Å². The molecule has 0 aliphatic carbocycles. The number of ether oxygens (including phenoxy) is 2. The van der Waals surface area contributed by atoms with E-state index in [9.17, 15) is 5.26 Å². The first-order valence-corrected chi connectivity index (χ1v) is 8.92.